The Labute approximate surface area is 130 Å². The van der Waals surface area contributed by atoms with Crippen molar-refractivity contribution in [1.82, 2.24) is 15.1 Å². The molecule has 116 valence electrons. The van der Waals surface area contributed by atoms with Crippen molar-refractivity contribution >= 4 is 5.91 Å². The molecule has 0 bridgehead atoms. The van der Waals surface area contributed by atoms with Gasteiger partial charge in [-0.05, 0) is 31.4 Å². The lowest BCUT2D eigenvalue weighted by molar-refractivity contribution is -0.132. The Morgan fingerprint density at radius 3 is 2.73 bits per heavy atom. The fourth-order valence-electron chi connectivity index (χ4n) is 2.63. The van der Waals surface area contributed by atoms with Gasteiger partial charge < -0.3 is 10.0 Å². The standard InChI is InChI=1S/C17H21N3O2/c1-12-9-14(19-18-12)10-17(22)20(15-7-8-15)11-16(21)13-5-3-2-4-6-13/h2-6,9,15-16,21H,7-8,10-11H2,1H3,(H,18,19)/t16-/m1/s1. The number of rotatable bonds is 6. The van der Waals surface area contributed by atoms with E-state index < -0.39 is 6.10 Å². The van der Waals surface area contributed by atoms with Crippen molar-refractivity contribution in [3.8, 4) is 0 Å². The van der Waals surface area contributed by atoms with Crippen LogP contribution in [0.3, 0.4) is 0 Å². The van der Waals surface area contributed by atoms with Crippen LogP contribution < -0.4 is 0 Å². The number of aliphatic hydroxyl groups excluding tert-OH is 1. The van der Waals surface area contributed by atoms with Crippen LogP contribution in [-0.2, 0) is 11.2 Å². The summed E-state index contributed by atoms with van der Waals surface area (Å²) in [7, 11) is 0. The summed E-state index contributed by atoms with van der Waals surface area (Å²) in [4.78, 5) is 14.3. The van der Waals surface area contributed by atoms with E-state index in [1.807, 2.05) is 48.2 Å². The van der Waals surface area contributed by atoms with Crippen LogP contribution in [0.2, 0.25) is 0 Å². The van der Waals surface area contributed by atoms with Gasteiger partial charge in [-0.3, -0.25) is 9.89 Å². The monoisotopic (exact) mass is 299 g/mol. The maximum Gasteiger partial charge on any atom is 0.229 e. The molecule has 1 saturated carbocycles. The first-order valence-electron chi connectivity index (χ1n) is 7.67. The molecule has 2 N–H and O–H groups in total. The Kier molecular flexibility index (Phi) is 4.24. The molecule has 5 heteroatoms. The van der Waals surface area contributed by atoms with Crippen LogP contribution in [0.1, 0.15) is 35.9 Å². The van der Waals surface area contributed by atoms with Crippen LogP contribution in [0, 0.1) is 6.92 Å². The number of carbonyl (C=O) groups is 1. The summed E-state index contributed by atoms with van der Waals surface area (Å²) in [6.45, 7) is 2.26. The number of hydrogen-bond acceptors (Lipinski definition) is 3. The number of carbonyl (C=O) groups excluding carboxylic acids is 1. The van der Waals surface area contributed by atoms with Crippen molar-refractivity contribution < 1.29 is 9.90 Å². The van der Waals surface area contributed by atoms with E-state index in [2.05, 4.69) is 10.2 Å². The number of H-pyrrole nitrogens is 1. The maximum atomic E-state index is 12.5. The van der Waals surface area contributed by atoms with Gasteiger partial charge in [0.05, 0.1) is 24.8 Å². The first-order valence-corrected chi connectivity index (χ1v) is 7.67. The van der Waals surface area contributed by atoms with Crippen LogP contribution in [-0.4, -0.2) is 38.7 Å². The first kappa shape index (κ1) is 14.8. The molecule has 1 aromatic carbocycles. The zero-order valence-corrected chi connectivity index (χ0v) is 12.7. The molecule has 22 heavy (non-hydrogen) atoms. The number of hydrogen-bond donors (Lipinski definition) is 2. The highest BCUT2D eigenvalue weighted by Gasteiger charge is 2.34. The maximum absolute atomic E-state index is 12.5. The normalized spacial score (nSPS) is 15.5. The fraction of sp³-hybridized carbons (Fsp3) is 0.412. The number of benzene rings is 1. The van der Waals surface area contributed by atoms with Crippen LogP contribution in [0.25, 0.3) is 0 Å². The van der Waals surface area contributed by atoms with Gasteiger partial charge in [0.15, 0.2) is 0 Å². The van der Waals surface area contributed by atoms with E-state index in [0.29, 0.717) is 6.54 Å². The molecule has 1 fully saturated rings. The Bertz CT molecular complexity index is 634. The molecule has 0 radical (unpaired) electrons. The fourth-order valence-corrected chi connectivity index (χ4v) is 2.63. The van der Waals surface area contributed by atoms with Crippen molar-refractivity contribution in [2.75, 3.05) is 6.54 Å². The second-order valence-corrected chi connectivity index (χ2v) is 5.92. The van der Waals surface area contributed by atoms with Gasteiger partial charge in [-0.25, -0.2) is 0 Å². The molecule has 1 heterocycles. The molecule has 1 aromatic heterocycles. The molecule has 1 aliphatic carbocycles. The van der Waals surface area contributed by atoms with Gasteiger partial charge in [-0.1, -0.05) is 30.3 Å². The molecule has 0 saturated heterocycles. The zero-order valence-electron chi connectivity index (χ0n) is 12.7. The number of nitrogens with zero attached hydrogens (tertiary/aromatic N) is 2. The van der Waals surface area contributed by atoms with Crippen molar-refractivity contribution in [3.63, 3.8) is 0 Å². The molecule has 1 aliphatic rings. The summed E-state index contributed by atoms with van der Waals surface area (Å²) in [5.41, 5.74) is 2.55. The van der Waals surface area contributed by atoms with Crippen LogP contribution in [0.5, 0.6) is 0 Å². The topological polar surface area (TPSA) is 69.2 Å². The van der Waals surface area contributed by atoms with Gasteiger partial charge in [0.25, 0.3) is 0 Å². The average Bonchev–Trinajstić information content (AvgIpc) is 3.28. The van der Waals surface area contributed by atoms with Gasteiger partial charge in [0.2, 0.25) is 5.91 Å². The van der Waals surface area contributed by atoms with E-state index in [4.69, 9.17) is 0 Å². The largest absolute Gasteiger partial charge is 0.387 e. The summed E-state index contributed by atoms with van der Waals surface area (Å²) in [6, 6.07) is 11.6. The van der Waals surface area contributed by atoms with E-state index in [0.717, 1.165) is 29.8 Å². The lowest BCUT2D eigenvalue weighted by atomic mass is 10.1. The third-order valence-electron chi connectivity index (χ3n) is 3.95. The summed E-state index contributed by atoms with van der Waals surface area (Å²) in [5, 5.41) is 17.3. The number of aliphatic hydroxyl groups is 1. The predicted octanol–water partition coefficient (Wildman–Crippen LogP) is 1.99. The molecule has 1 amide bonds. The highest BCUT2D eigenvalue weighted by molar-refractivity contribution is 5.79. The van der Waals surface area contributed by atoms with E-state index in [-0.39, 0.29) is 18.4 Å². The first-order chi connectivity index (χ1) is 10.6. The number of aromatic amines is 1. The SMILES string of the molecule is Cc1cc(CC(=O)N(C[C@@H](O)c2ccccc2)C2CC2)n[nH]1. The number of aryl methyl sites for hydroxylation is 1. The Hall–Kier alpha value is -2.14. The summed E-state index contributed by atoms with van der Waals surface area (Å²) < 4.78 is 0. The molecule has 1 atom stereocenters. The third kappa shape index (κ3) is 3.54. The van der Waals surface area contributed by atoms with Crippen molar-refractivity contribution in [1.29, 1.82) is 0 Å². The van der Waals surface area contributed by atoms with E-state index in [9.17, 15) is 9.90 Å². The number of amides is 1. The molecule has 0 spiro atoms. The minimum atomic E-state index is -0.647. The molecule has 0 aliphatic heterocycles. The van der Waals surface area contributed by atoms with Crippen LogP contribution in [0.15, 0.2) is 36.4 Å². The van der Waals surface area contributed by atoms with Gasteiger partial charge in [-0.2, -0.15) is 5.10 Å². The van der Waals surface area contributed by atoms with Gasteiger partial charge >= 0.3 is 0 Å². The zero-order chi connectivity index (χ0) is 15.5. The van der Waals surface area contributed by atoms with Gasteiger partial charge in [0.1, 0.15) is 0 Å². The molecular weight excluding hydrogens is 278 g/mol. The molecule has 5 nitrogen and oxygen atoms in total. The second kappa shape index (κ2) is 6.32. The minimum absolute atomic E-state index is 0.0315. The summed E-state index contributed by atoms with van der Waals surface area (Å²) >= 11 is 0. The Balaban J connectivity index is 1.66. The highest BCUT2D eigenvalue weighted by Crippen LogP contribution is 2.29. The van der Waals surface area contributed by atoms with Crippen molar-refractivity contribution in [2.45, 2.75) is 38.3 Å². The third-order valence-corrected chi connectivity index (χ3v) is 3.95. The van der Waals surface area contributed by atoms with Crippen molar-refractivity contribution in [2.24, 2.45) is 0 Å². The van der Waals surface area contributed by atoms with Gasteiger partial charge in [-0.15, -0.1) is 0 Å². The van der Waals surface area contributed by atoms with E-state index >= 15 is 0 Å². The quantitative estimate of drug-likeness (QED) is 0.857. The van der Waals surface area contributed by atoms with Gasteiger partial charge in [0, 0.05) is 11.7 Å². The molecular formula is C17H21N3O2. The summed E-state index contributed by atoms with van der Waals surface area (Å²) in [6.07, 6.45) is 1.67. The lowest BCUT2D eigenvalue weighted by Gasteiger charge is -2.25. The van der Waals surface area contributed by atoms with Crippen LogP contribution >= 0.6 is 0 Å². The molecule has 0 unspecified atom stereocenters. The highest BCUT2D eigenvalue weighted by atomic mass is 16.3. The molecule has 3 rings (SSSR count). The van der Waals surface area contributed by atoms with E-state index in [1.54, 1.807) is 0 Å². The number of nitrogens with one attached hydrogen (secondary N) is 1. The summed E-state index contributed by atoms with van der Waals surface area (Å²) in [5.74, 6) is 0.0315. The number of aromatic nitrogens is 2. The Morgan fingerprint density at radius 2 is 2.14 bits per heavy atom. The van der Waals surface area contributed by atoms with Crippen molar-refractivity contribution in [3.05, 3.63) is 53.3 Å². The average molecular weight is 299 g/mol. The predicted molar refractivity (Wildman–Crippen MR) is 83.2 cm³/mol. The minimum Gasteiger partial charge on any atom is -0.387 e. The van der Waals surface area contributed by atoms with E-state index in [1.165, 1.54) is 0 Å². The van der Waals surface area contributed by atoms with Crippen LogP contribution in [0.4, 0.5) is 0 Å². The smallest absolute Gasteiger partial charge is 0.229 e. The molecule has 2 aromatic rings. The lowest BCUT2D eigenvalue weighted by Crippen LogP contribution is -2.37. The second-order valence-electron chi connectivity index (χ2n) is 5.92. The Morgan fingerprint density at radius 1 is 1.41 bits per heavy atom.